The molecular formula is C15H16N2OS. The Morgan fingerprint density at radius 2 is 2.05 bits per heavy atom. The van der Waals surface area contributed by atoms with Crippen LogP contribution in [0.3, 0.4) is 0 Å². The third-order valence-corrected chi connectivity index (χ3v) is 4.64. The summed E-state index contributed by atoms with van der Waals surface area (Å²) in [6.07, 6.45) is 3.48. The molecule has 0 fully saturated rings. The van der Waals surface area contributed by atoms with E-state index in [-0.39, 0.29) is 5.91 Å². The van der Waals surface area contributed by atoms with Gasteiger partial charge in [0.15, 0.2) is 0 Å². The van der Waals surface area contributed by atoms with E-state index in [1.807, 2.05) is 30.3 Å². The van der Waals surface area contributed by atoms with Crippen LogP contribution in [0.25, 0.3) is 0 Å². The van der Waals surface area contributed by atoms with E-state index in [0.29, 0.717) is 6.54 Å². The summed E-state index contributed by atoms with van der Waals surface area (Å²) in [4.78, 5) is 14.3. The van der Waals surface area contributed by atoms with Crippen molar-refractivity contribution in [3.05, 3.63) is 51.2 Å². The van der Waals surface area contributed by atoms with Crippen molar-refractivity contribution in [3.8, 4) is 0 Å². The van der Waals surface area contributed by atoms with Crippen LogP contribution in [0.15, 0.2) is 30.3 Å². The minimum atomic E-state index is 0.0243. The number of anilines is 1. The van der Waals surface area contributed by atoms with Crippen molar-refractivity contribution < 1.29 is 4.79 Å². The Labute approximate surface area is 116 Å². The van der Waals surface area contributed by atoms with Gasteiger partial charge in [0.25, 0.3) is 5.91 Å². The highest BCUT2D eigenvalue weighted by molar-refractivity contribution is 7.14. The Morgan fingerprint density at radius 3 is 2.79 bits per heavy atom. The van der Waals surface area contributed by atoms with Crippen LogP contribution in [-0.4, -0.2) is 5.91 Å². The second kappa shape index (κ2) is 5.05. The van der Waals surface area contributed by atoms with Crippen LogP contribution in [0.4, 0.5) is 5.69 Å². The van der Waals surface area contributed by atoms with Gasteiger partial charge >= 0.3 is 0 Å². The highest BCUT2D eigenvalue weighted by Crippen LogP contribution is 2.30. The van der Waals surface area contributed by atoms with Gasteiger partial charge in [0.2, 0.25) is 0 Å². The van der Waals surface area contributed by atoms with E-state index in [9.17, 15) is 4.79 Å². The summed E-state index contributed by atoms with van der Waals surface area (Å²) >= 11 is 1.64. The molecule has 19 heavy (non-hydrogen) atoms. The number of aryl methyl sites for hydroxylation is 2. The van der Waals surface area contributed by atoms with Crippen LogP contribution in [0, 0.1) is 0 Å². The first-order chi connectivity index (χ1) is 9.22. The van der Waals surface area contributed by atoms with Gasteiger partial charge in [-0.15, -0.1) is 11.3 Å². The first kappa shape index (κ1) is 12.2. The fourth-order valence-corrected chi connectivity index (χ4v) is 3.52. The number of fused-ring (bicyclic) bond motifs is 1. The quantitative estimate of drug-likeness (QED) is 0.844. The molecule has 0 saturated heterocycles. The summed E-state index contributed by atoms with van der Waals surface area (Å²) in [6.45, 7) is 0.543. The molecule has 1 aliphatic carbocycles. The summed E-state index contributed by atoms with van der Waals surface area (Å²) in [6, 6.07) is 9.61. The SMILES string of the molecule is Nc1ccc(CNC(=O)c2cc3c(s2)CCC3)cc1. The second-order valence-corrected chi connectivity index (χ2v) is 5.97. The van der Waals surface area contributed by atoms with Crippen molar-refractivity contribution in [2.45, 2.75) is 25.8 Å². The Kier molecular flexibility index (Phi) is 3.25. The third kappa shape index (κ3) is 2.63. The van der Waals surface area contributed by atoms with Gasteiger partial charge in [0.1, 0.15) is 0 Å². The zero-order chi connectivity index (χ0) is 13.2. The molecule has 0 saturated carbocycles. The number of rotatable bonds is 3. The zero-order valence-electron chi connectivity index (χ0n) is 10.6. The maximum Gasteiger partial charge on any atom is 0.261 e. The molecule has 0 radical (unpaired) electrons. The monoisotopic (exact) mass is 272 g/mol. The number of carbonyl (C=O) groups is 1. The van der Waals surface area contributed by atoms with Gasteiger partial charge in [-0.2, -0.15) is 0 Å². The number of amides is 1. The van der Waals surface area contributed by atoms with E-state index in [1.54, 1.807) is 11.3 Å². The second-order valence-electron chi connectivity index (χ2n) is 4.84. The van der Waals surface area contributed by atoms with Gasteiger partial charge < -0.3 is 11.1 Å². The summed E-state index contributed by atoms with van der Waals surface area (Å²) in [7, 11) is 0. The maximum atomic E-state index is 12.1. The Hall–Kier alpha value is -1.81. The largest absolute Gasteiger partial charge is 0.399 e. The molecule has 0 bridgehead atoms. The molecule has 1 aliphatic rings. The average Bonchev–Trinajstić information content (AvgIpc) is 2.98. The highest BCUT2D eigenvalue weighted by atomic mass is 32.1. The van der Waals surface area contributed by atoms with Crippen LogP contribution in [0.1, 0.15) is 32.1 Å². The number of benzene rings is 1. The van der Waals surface area contributed by atoms with Crippen LogP contribution >= 0.6 is 11.3 Å². The van der Waals surface area contributed by atoms with Gasteiger partial charge in [-0.3, -0.25) is 4.79 Å². The molecule has 98 valence electrons. The van der Waals surface area contributed by atoms with Gasteiger partial charge in [-0.05, 0) is 48.6 Å². The number of nitrogens with one attached hydrogen (secondary N) is 1. The molecule has 1 aromatic carbocycles. The molecule has 0 unspecified atom stereocenters. The minimum absolute atomic E-state index is 0.0243. The summed E-state index contributed by atoms with van der Waals surface area (Å²) in [5, 5.41) is 2.95. The van der Waals surface area contributed by atoms with Gasteiger partial charge in [0.05, 0.1) is 4.88 Å². The lowest BCUT2D eigenvalue weighted by molar-refractivity contribution is 0.0955. The fourth-order valence-electron chi connectivity index (χ4n) is 2.35. The normalized spacial score (nSPS) is 13.3. The lowest BCUT2D eigenvalue weighted by Crippen LogP contribution is -2.21. The van der Waals surface area contributed by atoms with Crippen molar-refractivity contribution in [1.29, 1.82) is 0 Å². The van der Waals surface area contributed by atoms with Crippen molar-refractivity contribution in [3.63, 3.8) is 0 Å². The van der Waals surface area contributed by atoms with Crippen molar-refractivity contribution in [1.82, 2.24) is 5.32 Å². The molecule has 0 aliphatic heterocycles. The number of hydrogen-bond donors (Lipinski definition) is 2. The first-order valence-corrected chi connectivity index (χ1v) is 7.28. The molecule has 3 N–H and O–H groups in total. The van der Waals surface area contributed by atoms with E-state index in [0.717, 1.165) is 29.0 Å². The van der Waals surface area contributed by atoms with Gasteiger partial charge in [-0.1, -0.05) is 12.1 Å². The molecule has 0 spiro atoms. The lowest BCUT2D eigenvalue weighted by atomic mass is 10.2. The van der Waals surface area contributed by atoms with Crippen LogP contribution in [0.2, 0.25) is 0 Å². The number of carbonyl (C=O) groups excluding carboxylic acids is 1. The fraction of sp³-hybridized carbons (Fsp3) is 0.267. The van der Waals surface area contributed by atoms with E-state index >= 15 is 0 Å². The van der Waals surface area contributed by atoms with Crippen molar-refractivity contribution in [2.24, 2.45) is 0 Å². The van der Waals surface area contributed by atoms with E-state index in [2.05, 4.69) is 5.32 Å². The number of nitrogens with two attached hydrogens (primary N) is 1. The zero-order valence-corrected chi connectivity index (χ0v) is 11.4. The topological polar surface area (TPSA) is 55.1 Å². The number of thiophene rings is 1. The molecule has 2 aromatic rings. The standard InChI is InChI=1S/C15H16N2OS/c16-12-6-4-10(5-7-12)9-17-15(18)14-8-11-2-1-3-13(11)19-14/h4-8H,1-3,9,16H2,(H,17,18). The molecule has 4 heteroatoms. The predicted octanol–water partition coefficient (Wildman–Crippen LogP) is 2.75. The van der Waals surface area contributed by atoms with E-state index in [1.165, 1.54) is 16.9 Å². The Morgan fingerprint density at radius 1 is 1.26 bits per heavy atom. The minimum Gasteiger partial charge on any atom is -0.399 e. The summed E-state index contributed by atoms with van der Waals surface area (Å²) < 4.78 is 0. The molecule has 3 rings (SSSR count). The molecule has 1 amide bonds. The Bertz CT molecular complexity index is 580. The molecule has 0 atom stereocenters. The van der Waals surface area contributed by atoms with Crippen molar-refractivity contribution in [2.75, 3.05) is 5.73 Å². The third-order valence-electron chi connectivity index (χ3n) is 3.40. The summed E-state index contributed by atoms with van der Waals surface area (Å²) in [5.41, 5.74) is 8.79. The maximum absolute atomic E-state index is 12.1. The van der Waals surface area contributed by atoms with Gasteiger partial charge in [-0.25, -0.2) is 0 Å². The lowest BCUT2D eigenvalue weighted by Gasteiger charge is -2.04. The number of hydrogen-bond acceptors (Lipinski definition) is 3. The van der Waals surface area contributed by atoms with E-state index in [4.69, 9.17) is 5.73 Å². The van der Waals surface area contributed by atoms with Crippen LogP contribution in [0.5, 0.6) is 0 Å². The molecule has 1 aromatic heterocycles. The predicted molar refractivity (Wildman–Crippen MR) is 78.4 cm³/mol. The average molecular weight is 272 g/mol. The van der Waals surface area contributed by atoms with Crippen molar-refractivity contribution >= 4 is 22.9 Å². The molecule has 3 nitrogen and oxygen atoms in total. The number of nitrogen functional groups attached to an aromatic ring is 1. The summed E-state index contributed by atoms with van der Waals surface area (Å²) in [5.74, 6) is 0.0243. The first-order valence-electron chi connectivity index (χ1n) is 6.46. The Balaban J connectivity index is 1.63. The van der Waals surface area contributed by atoms with Crippen LogP contribution in [-0.2, 0) is 19.4 Å². The molecule has 1 heterocycles. The smallest absolute Gasteiger partial charge is 0.261 e. The van der Waals surface area contributed by atoms with E-state index < -0.39 is 0 Å². The van der Waals surface area contributed by atoms with Crippen LogP contribution < -0.4 is 11.1 Å². The molecular weight excluding hydrogens is 256 g/mol. The highest BCUT2D eigenvalue weighted by Gasteiger charge is 2.18. The van der Waals surface area contributed by atoms with Gasteiger partial charge in [0, 0.05) is 17.1 Å².